The molecule has 0 spiro atoms. The van der Waals surface area contributed by atoms with Crippen LogP contribution < -0.4 is 4.74 Å². The zero-order valence-corrected chi connectivity index (χ0v) is 13.8. The van der Waals surface area contributed by atoms with Gasteiger partial charge in [-0.25, -0.2) is 0 Å². The third-order valence-corrected chi connectivity index (χ3v) is 5.28. The molecule has 1 aliphatic rings. The van der Waals surface area contributed by atoms with E-state index in [1.165, 1.54) is 11.1 Å². The molecule has 0 fully saturated rings. The first-order chi connectivity index (χ1) is 9.56. The van der Waals surface area contributed by atoms with Crippen LogP contribution in [0.1, 0.15) is 34.6 Å². The number of aryl methyl sites for hydroxylation is 1. The first kappa shape index (κ1) is 14.0. The van der Waals surface area contributed by atoms with Crippen LogP contribution in [0.25, 0.3) is 0 Å². The summed E-state index contributed by atoms with van der Waals surface area (Å²) in [6, 6.07) is 12.5. The molecule has 0 bridgehead atoms. The lowest BCUT2D eigenvalue weighted by molar-refractivity contribution is 0.254. The molecular formula is C17H16BrClO. The van der Waals surface area contributed by atoms with E-state index in [0.29, 0.717) is 0 Å². The second-order valence-corrected chi connectivity index (χ2v) is 6.57. The van der Waals surface area contributed by atoms with Crippen molar-refractivity contribution in [2.24, 2.45) is 0 Å². The predicted molar refractivity (Wildman–Crippen MR) is 86.8 cm³/mol. The van der Waals surface area contributed by atoms with Gasteiger partial charge in [-0.05, 0) is 42.2 Å². The predicted octanol–water partition coefficient (Wildman–Crippen LogP) is 5.41. The summed E-state index contributed by atoms with van der Waals surface area (Å²) >= 11 is 10.3. The monoisotopic (exact) mass is 350 g/mol. The Hall–Kier alpha value is -0.990. The maximum absolute atomic E-state index is 6.68. The van der Waals surface area contributed by atoms with Crippen molar-refractivity contribution in [1.82, 2.24) is 0 Å². The highest BCUT2D eigenvalue weighted by atomic mass is 79.9. The summed E-state index contributed by atoms with van der Waals surface area (Å²) in [5.41, 5.74) is 4.68. The number of rotatable bonds is 2. The van der Waals surface area contributed by atoms with E-state index in [9.17, 15) is 0 Å². The summed E-state index contributed by atoms with van der Waals surface area (Å²) in [4.78, 5) is 0. The summed E-state index contributed by atoms with van der Waals surface area (Å²) in [5, 5.41) is -0.148. The van der Waals surface area contributed by atoms with E-state index in [0.717, 1.165) is 27.8 Å². The number of fused-ring (bicyclic) bond motifs is 1. The second kappa shape index (κ2) is 5.42. The third kappa shape index (κ3) is 2.47. The average Bonchev–Trinajstić information content (AvgIpc) is 2.80. The lowest BCUT2D eigenvalue weighted by Gasteiger charge is -2.14. The number of benzene rings is 2. The van der Waals surface area contributed by atoms with Crippen LogP contribution in [-0.2, 0) is 6.42 Å². The molecular weight excluding hydrogens is 336 g/mol. The van der Waals surface area contributed by atoms with E-state index in [2.05, 4.69) is 54.0 Å². The minimum absolute atomic E-state index is 0.148. The van der Waals surface area contributed by atoms with Crippen molar-refractivity contribution in [2.75, 3.05) is 0 Å². The van der Waals surface area contributed by atoms with Crippen LogP contribution in [-0.4, -0.2) is 6.10 Å². The Bertz CT molecular complexity index is 653. The van der Waals surface area contributed by atoms with Gasteiger partial charge in [-0.15, -0.1) is 11.6 Å². The van der Waals surface area contributed by atoms with Gasteiger partial charge in [-0.2, -0.15) is 0 Å². The third-order valence-electron chi connectivity index (χ3n) is 3.71. The molecule has 0 aliphatic carbocycles. The number of ether oxygens (including phenoxy) is 1. The largest absolute Gasteiger partial charge is 0.490 e. The van der Waals surface area contributed by atoms with Gasteiger partial charge in [0.1, 0.15) is 11.9 Å². The molecule has 3 heteroatoms. The van der Waals surface area contributed by atoms with E-state index in [1.54, 1.807) is 0 Å². The van der Waals surface area contributed by atoms with Crippen LogP contribution in [0.2, 0.25) is 0 Å². The SMILES string of the molecule is Cc1cccc(C(Cl)c2ccc3c(c2)CC(C)O3)c1Br. The normalized spacial score (nSPS) is 18.5. The topological polar surface area (TPSA) is 9.23 Å². The first-order valence-electron chi connectivity index (χ1n) is 6.75. The maximum Gasteiger partial charge on any atom is 0.123 e. The van der Waals surface area contributed by atoms with Crippen LogP contribution in [0.15, 0.2) is 40.9 Å². The molecule has 20 heavy (non-hydrogen) atoms. The van der Waals surface area contributed by atoms with Gasteiger partial charge in [0.25, 0.3) is 0 Å². The van der Waals surface area contributed by atoms with Gasteiger partial charge in [0.15, 0.2) is 0 Å². The van der Waals surface area contributed by atoms with Gasteiger partial charge in [-0.3, -0.25) is 0 Å². The standard InChI is InChI=1S/C17H16BrClO/c1-10-4-3-5-14(16(10)18)17(19)12-6-7-15-13(9-12)8-11(2)20-15/h3-7,9,11,17H,8H2,1-2H3. The van der Waals surface area contributed by atoms with Crippen molar-refractivity contribution in [3.05, 3.63) is 63.1 Å². The van der Waals surface area contributed by atoms with Crippen molar-refractivity contribution in [1.29, 1.82) is 0 Å². The summed E-state index contributed by atoms with van der Waals surface area (Å²) < 4.78 is 6.83. The molecule has 1 aliphatic heterocycles. The fraction of sp³-hybridized carbons (Fsp3) is 0.294. The van der Waals surface area contributed by atoms with E-state index < -0.39 is 0 Å². The average molecular weight is 352 g/mol. The van der Waals surface area contributed by atoms with Gasteiger partial charge >= 0.3 is 0 Å². The van der Waals surface area contributed by atoms with Crippen LogP contribution in [0.3, 0.4) is 0 Å². The Kier molecular flexibility index (Phi) is 3.78. The van der Waals surface area contributed by atoms with Crippen LogP contribution >= 0.6 is 27.5 Å². The molecule has 0 aromatic heterocycles. The fourth-order valence-electron chi connectivity index (χ4n) is 2.65. The summed E-state index contributed by atoms with van der Waals surface area (Å²) in [6.07, 6.45) is 1.22. The van der Waals surface area contributed by atoms with Crippen LogP contribution in [0.4, 0.5) is 0 Å². The summed E-state index contributed by atoms with van der Waals surface area (Å²) in [5.74, 6) is 0.994. The van der Waals surface area contributed by atoms with Gasteiger partial charge in [0.2, 0.25) is 0 Å². The molecule has 2 aromatic carbocycles. The fourth-order valence-corrected chi connectivity index (χ4v) is 3.59. The highest BCUT2D eigenvalue weighted by molar-refractivity contribution is 9.10. The lowest BCUT2D eigenvalue weighted by Crippen LogP contribution is -2.05. The van der Waals surface area contributed by atoms with Gasteiger partial charge in [0, 0.05) is 10.9 Å². The molecule has 2 unspecified atom stereocenters. The molecule has 1 nitrogen and oxygen atoms in total. The molecule has 0 saturated heterocycles. The molecule has 2 atom stereocenters. The molecule has 0 N–H and O–H groups in total. The summed E-state index contributed by atoms with van der Waals surface area (Å²) in [6.45, 7) is 4.17. The summed E-state index contributed by atoms with van der Waals surface area (Å²) in [7, 11) is 0. The lowest BCUT2D eigenvalue weighted by atomic mass is 9.99. The number of alkyl halides is 1. The number of halogens is 2. The van der Waals surface area contributed by atoms with Crippen LogP contribution in [0.5, 0.6) is 5.75 Å². The zero-order valence-electron chi connectivity index (χ0n) is 11.5. The molecule has 2 aromatic rings. The van der Waals surface area contributed by atoms with Crippen LogP contribution in [0, 0.1) is 6.92 Å². The van der Waals surface area contributed by atoms with Crippen molar-refractivity contribution in [3.63, 3.8) is 0 Å². The van der Waals surface area contributed by atoms with E-state index in [4.69, 9.17) is 16.3 Å². The molecule has 104 valence electrons. The second-order valence-electron chi connectivity index (χ2n) is 5.34. The van der Waals surface area contributed by atoms with E-state index in [-0.39, 0.29) is 11.5 Å². The quantitative estimate of drug-likeness (QED) is 0.657. The molecule has 0 amide bonds. The molecule has 1 heterocycles. The Morgan fingerprint density at radius 3 is 2.90 bits per heavy atom. The van der Waals surface area contributed by atoms with Gasteiger partial charge in [-0.1, -0.05) is 46.3 Å². The van der Waals surface area contributed by atoms with Crippen molar-refractivity contribution < 1.29 is 4.74 Å². The molecule has 0 radical (unpaired) electrons. The van der Waals surface area contributed by atoms with E-state index in [1.807, 2.05) is 12.1 Å². The minimum Gasteiger partial charge on any atom is -0.490 e. The highest BCUT2D eigenvalue weighted by Gasteiger charge is 2.22. The molecule has 0 saturated carbocycles. The smallest absolute Gasteiger partial charge is 0.123 e. The van der Waals surface area contributed by atoms with Crippen molar-refractivity contribution in [3.8, 4) is 5.75 Å². The molecule has 3 rings (SSSR count). The number of hydrogen-bond donors (Lipinski definition) is 0. The highest BCUT2D eigenvalue weighted by Crippen LogP contribution is 2.38. The van der Waals surface area contributed by atoms with Crippen molar-refractivity contribution >= 4 is 27.5 Å². The maximum atomic E-state index is 6.68. The van der Waals surface area contributed by atoms with E-state index >= 15 is 0 Å². The Balaban J connectivity index is 1.97. The van der Waals surface area contributed by atoms with Gasteiger partial charge < -0.3 is 4.74 Å². The minimum atomic E-state index is -0.148. The Labute approximate surface area is 133 Å². The number of hydrogen-bond acceptors (Lipinski definition) is 1. The Morgan fingerprint density at radius 2 is 2.10 bits per heavy atom. The van der Waals surface area contributed by atoms with Crippen molar-refractivity contribution in [2.45, 2.75) is 31.7 Å². The van der Waals surface area contributed by atoms with Gasteiger partial charge in [0.05, 0.1) is 5.38 Å². The Morgan fingerprint density at radius 1 is 1.30 bits per heavy atom. The zero-order chi connectivity index (χ0) is 14.3. The first-order valence-corrected chi connectivity index (χ1v) is 7.98.